The van der Waals surface area contributed by atoms with Crippen molar-refractivity contribution >= 4 is 12.4 Å². The first-order valence-corrected chi connectivity index (χ1v) is 7.32. The van der Waals surface area contributed by atoms with Crippen LogP contribution in [0.15, 0.2) is 12.4 Å². The molecule has 2 heterocycles. The van der Waals surface area contributed by atoms with Crippen LogP contribution in [-0.2, 0) is 0 Å². The summed E-state index contributed by atoms with van der Waals surface area (Å²) >= 11 is 0. The molecule has 2 aliphatic rings. The molecule has 3 rings (SSSR count). The Morgan fingerprint density at radius 3 is 2.81 bits per heavy atom. The number of aromatic nitrogens is 2. The van der Waals surface area contributed by atoms with Crippen molar-refractivity contribution in [2.45, 2.75) is 37.3 Å². The zero-order valence-corrected chi connectivity index (χ0v) is 12.8. The number of aliphatic hydroxyl groups is 1. The number of piperidine rings is 1. The summed E-state index contributed by atoms with van der Waals surface area (Å²) in [5.41, 5.74) is 6.65. The largest absolute Gasteiger partial charge is 0.473 e. The summed E-state index contributed by atoms with van der Waals surface area (Å²) in [7, 11) is 0. The average molecular weight is 315 g/mol. The highest BCUT2D eigenvalue weighted by Crippen LogP contribution is 2.34. The van der Waals surface area contributed by atoms with Gasteiger partial charge in [0.05, 0.1) is 0 Å². The van der Waals surface area contributed by atoms with Crippen molar-refractivity contribution in [2.24, 2.45) is 11.7 Å². The zero-order valence-electron chi connectivity index (χ0n) is 11.9. The van der Waals surface area contributed by atoms with E-state index in [-0.39, 0.29) is 43.0 Å². The molecule has 0 radical (unpaired) electrons. The van der Waals surface area contributed by atoms with Crippen molar-refractivity contribution in [3.63, 3.8) is 0 Å². The SMILES string of the molecule is Cl.NC1CC(Oc2nccnc2[C@@H]2CNCCC2CO)C1. The predicted octanol–water partition coefficient (Wildman–Crippen LogP) is 0.452. The van der Waals surface area contributed by atoms with Crippen molar-refractivity contribution in [3.05, 3.63) is 18.1 Å². The summed E-state index contributed by atoms with van der Waals surface area (Å²) in [6.07, 6.45) is 6.21. The van der Waals surface area contributed by atoms with Gasteiger partial charge in [0.25, 0.3) is 0 Å². The molecule has 6 nitrogen and oxygen atoms in total. The number of nitrogens with two attached hydrogens (primary N) is 1. The lowest BCUT2D eigenvalue weighted by atomic mass is 9.84. The van der Waals surface area contributed by atoms with Crippen LogP contribution >= 0.6 is 12.4 Å². The maximum atomic E-state index is 9.55. The molecule has 2 fully saturated rings. The Balaban J connectivity index is 0.00000161. The maximum absolute atomic E-state index is 9.55. The van der Waals surface area contributed by atoms with Crippen LogP contribution in [0.5, 0.6) is 5.88 Å². The Bertz CT molecular complexity index is 456. The Kier molecular flexibility index (Phi) is 5.75. The molecule has 1 aliphatic carbocycles. The molecule has 1 aromatic rings. The van der Waals surface area contributed by atoms with Crippen LogP contribution in [0.2, 0.25) is 0 Å². The molecule has 118 valence electrons. The summed E-state index contributed by atoms with van der Waals surface area (Å²) in [5, 5.41) is 12.9. The van der Waals surface area contributed by atoms with Gasteiger partial charge in [-0.3, -0.25) is 4.98 Å². The van der Waals surface area contributed by atoms with Crippen molar-refractivity contribution in [3.8, 4) is 5.88 Å². The minimum Gasteiger partial charge on any atom is -0.473 e. The van der Waals surface area contributed by atoms with Gasteiger partial charge < -0.3 is 20.9 Å². The predicted molar refractivity (Wildman–Crippen MR) is 81.7 cm³/mol. The quantitative estimate of drug-likeness (QED) is 0.747. The number of rotatable bonds is 4. The van der Waals surface area contributed by atoms with Crippen molar-refractivity contribution in [1.29, 1.82) is 0 Å². The van der Waals surface area contributed by atoms with E-state index in [9.17, 15) is 5.11 Å². The molecule has 0 spiro atoms. The van der Waals surface area contributed by atoms with Gasteiger partial charge in [-0.2, -0.15) is 0 Å². The monoisotopic (exact) mass is 314 g/mol. The van der Waals surface area contributed by atoms with Gasteiger partial charge in [0, 0.05) is 37.5 Å². The number of aliphatic hydroxyl groups excluding tert-OH is 1. The number of halogens is 1. The lowest BCUT2D eigenvalue weighted by Gasteiger charge is -2.34. The van der Waals surface area contributed by atoms with E-state index in [1.807, 2.05) is 0 Å². The highest BCUT2D eigenvalue weighted by Gasteiger charge is 2.33. The molecule has 1 saturated carbocycles. The molecular weight excluding hydrogens is 292 g/mol. The Morgan fingerprint density at radius 1 is 1.33 bits per heavy atom. The average Bonchev–Trinajstić information content (AvgIpc) is 2.46. The van der Waals surface area contributed by atoms with E-state index in [4.69, 9.17) is 10.5 Å². The second-order valence-corrected chi connectivity index (χ2v) is 5.76. The van der Waals surface area contributed by atoms with E-state index in [1.165, 1.54) is 0 Å². The minimum absolute atomic E-state index is 0. The zero-order chi connectivity index (χ0) is 13.9. The summed E-state index contributed by atoms with van der Waals surface area (Å²) in [4.78, 5) is 8.80. The Morgan fingerprint density at radius 2 is 2.10 bits per heavy atom. The van der Waals surface area contributed by atoms with Gasteiger partial charge in [0.1, 0.15) is 11.8 Å². The topological polar surface area (TPSA) is 93.3 Å². The summed E-state index contributed by atoms with van der Waals surface area (Å²) in [5.74, 6) is 0.988. The summed E-state index contributed by atoms with van der Waals surface area (Å²) < 4.78 is 5.93. The van der Waals surface area contributed by atoms with Gasteiger partial charge in [-0.15, -0.1) is 12.4 Å². The van der Waals surface area contributed by atoms with Gasteiger partial charge in [-0.1, -0.05) is 0 Å². The number of nitrogens with zero attached hydrogens (tertiary/aromatic N) is 2. The third-order valence-electron chi connectivity index (χ3n) is 4.31. The van der Waals surface area contributed by atoms with Crippen LogP contribution in [0.4, 0.5) is 0 Å². The summed E-state index contributed by atoms with van der Waals surface area (Å²) in [6, 6.07) is 0.252. The summed E-state index contributed by atoms with van der Waals surface area (Å²) in [6.45, 7) is 1.93. The third-order valence-corrected chi connectivity index (χ3v) is 4.31. The standard InChI is InChI=1S/C14H22N4O2.ClH/c15-10-5-11(6-10)20-14-13(17-3-4-18-14)12-7-16-2-1-9(12)8-19;/h3-4,9-12,16,19H,1-2,5-8,15H2;1H/t9?,10?,11?,12-;/m1./s1. The third kappa shape index (κ3) is 3.63. The normalized spacial score (nSPS) is 31.9. The Labute approximate surface area is 130 Å². The molecule has 1 unspecified atom stereocenters. The second kappa shape index (κ2) is 7.35. The van der Waals surface area contributed by atoms with Gasteiger partial charge >= 0.3 is 0 Å². The van der Waals surface area contributed by atoms with Gasteiger partial charge in [0.15, 0.2) is 0 Å². The van der Waals surface area contributed by atoms with Gasteiger partial charge in [0.2, 0.25) is 5.88 Å². The number of hydrogen-bond donors (Lipinski definition) is 3. The van der Waals surface area contributed by atoms with E-state index < -0.39 is 0 Å². The van der Waals surface area contributed by atoms with Gasteiger partial charge in [-0.25, -0.2) is 4.98 Å². The molecule has 7 heteroatoms. The fourth-order valence-corrected chi connectivity index (χ4v) is 2.99. The smallest absolute Gasteiger partial charge is 0.236 e. The van der Waals surface area contributed by atoms with Crippen molar-refractivity contribution < 1.29 is 9.84 Å². The number of hydrogen-bond acceptors (Lipinski definition) is 6. The van der Waals surface area contributed by atoms with Crippen LogP contribution in [0.1, 0.15) is 30.9 Å². The minimum atomic E-state index is 0. The number of ether oxygens (including phenoxy) is 1. The lowest BCUT2D eigenvalue weighted by Crippen LogP contribution is -2.44. The molecular formula is C14H23ClN4O2. The molecule has 21 heavy (non-hydrogen) atoms. The molecule has 0 bridgehead atoms. The van der Waals surface area contributed by atoms with E-state index >= 15 is 0 Å². The van der Waals surface area contributed by atoms with E-state index in [2.05, 4.69) is 15.3 Å². The van der Waals surface area contributed by atoms with Crippen LogP contribution in [0, 0.1) is 5.92 Å². The van der Waals surface area contributed by atoms with Crippen LogP contribution < -0.4 is 15.8 Å². The van der Waals surface area contributed by atoms with E-state index in [1.54, 1.807) is 12.4 Å². The molecule has 1 aromatic heterocycles. The van der Waals surface area contributed by atoms with Crippen molar-refractivity contribution in [2.75, 3.05) is 19.7 Å². The van der Waals surface area contributed by atoms with E-state index in [0.717, 1.165) is 38.0 Å². The lowest BCUT2D eigenvalue weighted by molar-refractivity contribution is 0.0912. The molecule has 1 saturated heterocycles. The van der Waals surface area contributed by atoms with Crippen LogP contribution in [0.25, 0.3) is 0 Å². The first kappa shape index (κ1) is 16.4. The maximum Gasteiger partial charge on any atom is 0.236 e. The molecule has 0 amide bonds. The molecule has 4 N–H and O–H groups in total. The second-order valence-electron chi connectivity index (χ2n) is 5.76. The van der Waals surface area contributed by atoms with Crippen LogP contribution in [0.3, 0.4) is 0 Å². The fourth-order valence-electron chi connectivity index (χ4n) is 2.99. The molecule has 1 aliphatic heterocycles. The fraction of sp³-hybridized carbons (Fsp3) is 0.714. The highest BCUT2D eigenvalue weighted by atomic mass is 35.5. The van der Waals surface area contributed by atoms with Crippen LogP contribution in [-0.4, -0.2) is 46.9 Å². The van der Waals surface area contributed by atoms with Crippen molar-refractivity contribution in [1.82, 2.24) is 15.3 Å². The molecule has 2 atom stereocenters. The number of nitrogens with one attached hydrogen (secondary N) is 1. The highest BCUT2D eigenvalue weighted by molar-refractivity contribution is 5.85. The first-order chi connectivity index (χ1) is 9.78. The van der Waals surface area contributed by atoms with E-state index in [0.29, 0.717) is 5.88 Å². The Hall–Kier alpha value is -0.950. The van der Waals surface area contributed by atoms with Gasteiger partial charge in [-0.05, 0) is 31.7 Å². The first-order valence-electron chi connectivity index (χ1n) is 7.32. The molecule has 0 aromatic carbocycles.